The Morgan fingerprint density at radius 1 is 1.18 bits per heavy atom. The SMILES string of the molecule is Cc1cccc(-c2ccc3c(C(N)=O)c(NC=O)[nH]c3c2)c1. The van der Waals surface area contributed by atoms with Crippen LogP contribution in [0, 0.1) is 6.92 Å². The number of amides is 2. The number of fused-ring (bicyclic) bond motifs is 1. The van der Waals surface area contributed by atoms with Gasteiger partial charge in [-0.15, -0.1) is 0 Å². The minimum Gasteiger partial charge on any atom is -0.365 e. The summed E-state index contributed by atoms with van der Waals surface area (Å²) in [6, 6.07) is 13.8. The molecule has 4 N–H and O–H groups in total. The van der Waals surface area contributed by atoms with Crippen LogP contribution in [0.15, 0.2) is 42.5 Å². The molecule has 0 saturated carbocycles. The van der Waals surface area contributed by atoms with Crippen LogP contribution in [0.5, 0.6) is 0 Å². The minimum atomic E-state index is -0.584. The van der Waals surface area contributed by atoms with E-state index in [-0.39, 0.29) is 5.56 Å². The van der Waals surface area contributed by atoms with E-state index >= 15 is 0 Å². The molecule has 3 aromatic rings. The zero-order valence-electron chi connectivity index (χ0n) is 12.0. The van der Waals surface area contributed by atoms with E-state index in [2.05, 4.69) is 16.4 Å². The standard InChI is InChI=1S/C17H15N3O2/c1-10-3-2-4-11(7-10)12-5-6-13-14(8-12)20-17(19-9-21)15(13)16(18)22/h2-9,20H,1H3,(H2,18,22)(H,19,21). The molecule has 0 spiro atoms. The topological polar surface area (TPSA) is 88.0 Å². The quantitative estimate of drug-likeness (QED) is 0.646. The van der Waals surface area contributed by atoms with E-state index in [9.17, 15) is 9.59 Å². The number of rotatable bonds is 4. The van der Waals surface area contributed by atoms with Gasteiger partial charge < -0.3 is 16.0 Å². The predicted octanol–water partition coefficient (Wildman–Crippen LogP) is 2.81. The van der Waals surface area contributed by atoms with Crippen molar-refractivity contribution in [3.63, 3.8) is 0 Å². The van der Waals surface area contributed by atoms with Crippen LogP contribution in [0.4, 0.5) is 5.82 Å². The first kappa shape index (κ1) is 13.9. The maximum atomic E-state index is 11.6. The number of aromatic amines is 1. The molecule has 0 aliphatic heterocycles. The first-order chi connectivity index (χ1) is 10.6. The Morgan fingerprint density at radius 3 is 2.64 bits per heavy atom. The van der Waals surface area contributed by atoms with Crippen LogP contribution in [0.2, 0.25) is 0 Å². The van der Waals surface area contributed by atoms with Gasteiger partial charge in [-0.2, -0.15) is 0 Å². The molecular formula is C17H15N3O2. The lowest BCUT2D eigenvalue weighted by molar-refractivity contribution is -0.105. The Labute approximate surface area is 127 Å². The number of aromatic nitrogens is 1. The van der Waals surface area contributed by atoms with Crippen molar-refractivity contribution in [2.75, 3.05) is 5.32 Å². The van der Waals surface area contributed by atoms with Crippen molar-refractivity contribution < 1.29 is 9.59 Å². The molecule has 0 saturated heterocycles. The molecule has 22 heavy (non-hydrogen) atoms. The molecule has 0 aliphatic carbocycles. The molecule has 1 aromatic heterocycles. The van der Waals surface area contributed by atoms with E-state index in [1.807, 2.05) is 43.3 Å². The van der Waals surface area contributed by atoms with E-state index in [0.717, 1.165) is 16.6 Å². The van der Waals surface area contributed by atoms with Gasteiger partial charge in [-0.3, -0.25) is 9.59 Å². The zero-order valence-corrected chi connectivity index (χ0v) is 12.0. The number of H-pyrrole nitrogens is 1. The number of carbonyl (C=O) groups is 2. The fourth-order valence-electron chi connectivity index (χ4n) is 2.62. The van der Waals surface area contributed by atoms with Gasteiger partial charge in [0.05, 0.1) is 5.56 Å². The average molecular weight is 293 g/mol. The summed E-state index contributed by atoms with van der Waals surface area (Å²) < 4.78 is 0. The highest BCUT2D eigenvalue weighted by molar-refractivity contribution is 6.12. The van der Waals surface area contributed by atoms with Crippen LogP contribution < -0.4 is 11.1 Å². The lowest BCUT2D eigenvalue weighted by atomic mass is 10.0. The minimum absolute atomic E-state index is 0.290. The van der Waals surface area contributed by atoms with Gasteiger partial charge in [0.15, 0.2) is 0 Å². The van der Waals surface area contributed by atoms with Gasteiger partial charge in [-0.05, 0) is 24.1 Å². The molecule has 3 rings (SSSR count). The van der Waals surface area contributed by atoms with E-state index in [0.29, 0.717) is 17.6 Å². The van der Waals surface area contributed by atoms with Gasteiger partial charge in [0.25, 0.3) is 5.91 Å². The first-order valence-corrected chi connectivity index (χ1v) is 6.83. The second kappa shape index (κ2) is 5.37. The summed E-state index contributed by atoms with van der Waals surface area (Å²) in [6.45, 7) is 2.04. The smallest absolute Gasteiger partial charge is 0.253 e. The Balaban J connectivity index is 2.18. The Morgan fingerprint density at radius 2 is 1.95 bits per heavy atom. The normalized spacial score (nSPS) is 10.6. The molecule has 0 unspecified atom stereocenters. The number of nitrogens with two attached hydrogens (primary N) is 1. The molecule has 5 nitrogen and oxygen atoms in total. The van der Waals surface area contributed by atoms with Crippen molar-refractivity contribution in [3.05, 3.63) is 53.6 Å². The van der Waals surface area contributed by atoms with Crippen molar-refractivity contribution in [1.82, 2.24) is 4.98 Å². The van der Waals surface area contributed by atoms with E-state index in [4.69, 9.17) is 5.73 Å². The third kappa shape index (κ3) is 2.33. The van der Waals surface area contributed by atoms with Gasteiger partial charge in [0, 0.05) is 10.9 Å². The summed E-state index contributed by atoms with van der Waals surface area (Å²) in [5, 5.41) is 3.17. The second-order valence-electron chi connectivity index (χ2n) is 5.13. The number of hydrogen-bond donors (Lipinski definition) is 3. The molecule has 5 heteroatoms. The van der Waals surface area contributed by atoms with Crippen molar-refractivity contribution in [2.45, 2.75) is 6.92 Å². The zero-order chi connectivity index (χ0) is 15.7. The lowest BCUT2D eigenvalue weighted by Crippen LogP contribution is -2.13. The molecule has 0 atom stereocenters. The van der Waals surface area contributed by atoms with Crippen LogP contribution in [0.3, 0.4) is 0 Å². The highest BCUT2D eigenvalue weighted by atomic mass is 16.1. The first-order valence-electron chi connectivity index (χ1n) is 6.83. The number of aryl methyl sites for hydroxylation is 1. The third-order valence-corrected chi connectivity index (χ3v) is 3.60. The van der Waals surface area contributed by atoms with Crippen molar-refractivity contribution in [2.24, 2.45) is 5.73 Å². The number of anilines is 1. The fourth-order valence-corrected chi connectivity index (χ4v) is 2.62. The number of nitrogens with one attached hydrogen (secondary N) is 2. The van der Waals surface area contributed by atoms with E-state index < -0.39 is 5.91 Å². The Kier molecular flexibility index (Phi) is 3.39. The summed E-state index contributed by atoms with van der Waals surface area (Å²) in [4.78, 5) is 25.3. The van der Waals surface area contributed by atoms with E-state index in [1.54, 1.807) is 0 Å². The van der Waals surface area contributed by atoms with E-state index in [1.165, 1.54) is 5.56 Å². The monoisotopic (exact) mass is 293 g/mol. The van der Waals surface area contributed by atoms with Crippen molar-refractivity contribution in [1.29, 1.82) is 0 Å². The lowest BCUT2D eigenvalue weighted by Gasteiger charge is -2.03. The summed E-state index contributed by atoms with van der Waals surface area (Å²) in [5.74, 6) is -0.266. The summed E-state index contributed by atoms with van der Waals surface area (Å²) >= 11 is 0. The summed E-state index contributed by atoms with van der Waals surface area (Å²) in [5.41, 5.74) is 9.72. The number of hydrogen-bond acceptors (Lipinski definition) is 2. The van der Waals surface area contributed by atoms with Gasteiger partial charge in [0.1, 0.15) is 5.82 Å². The summed E-state index contributed by atoms with van der Waals surface area (Å²) in [7, 11) is 0. The number of carbonyl (C=O) groups excluding carboxylic acids is 2. The van der Waals surface area contributed by atoms with Gasteiger partial charge in [-0.1, -0.05) is 42.0 Å². The average Bonchev–Trinajstić information content (AvgIpc) is 2.84. The van der Waals surface area contributed by atoms with Crippen molar-refractivity contribution >= 4 is 29.0 Å². The fraction of sp³-hybridized carbons (Fsp3) is 0.0588. The van der Waals surface area contributed by atoms with Crippen LogP contribution in [0.25, 0.3) is 22.0 Å². The highest BCUT2D eigenvalue weighted by Crippen LogP contribution is 2.30. The predicted molar refractivity (Wildman–Crippen MR) is 86.7 cm³/mol. The van der Waals surface area contributed by atoms with Crippen molar-refractivity contribution in [3.8, 4) is 11.1 Å². The Hall–Kier alpha value is -3.08. The molecule has 2 amide bonds. The van der Waals surface area contributed by atoms with Gasteiger partial charge >= 0.3 is 0 Å². The number of benzene rings is 2. The van der Waals surface area contributed by atoms with Crippen LogP contribution in [-0.2, 0) is 4.79 Å². The van der Waals surface area contributed by atoms with Crippen LogP contribution >= 0.6 is 0 Å². The van der Waals surface area contributed by atoms with Gasteiger partial charge in [-0.25, -0.2) is 0 Å². The number of primary amides is 1. The highest BCUT2D eigenvalue weighted by Gasteiger charge is 2.16. The molecule has 2 aromatic carbocycles. The maximum Gasteiger partial charge on any atom is 0.253 e. The third-order valence-electron chi connectivity index (χ3n) is 3.60. The molecular weight excluding hydrogens is 278 g/mol. The molecule has 0 aliphatic rings. The summed E-state index contributed by atoms with van der Waals surface area (Å²) in [6.07, 6.45) is 0.513. The molecule has 0 bridgehead atoms. The van der Waals surface area contributed by atoms with Gasteiger partial charge in [0.2, 0.25) is 6.41 Å². The largest absolute Gasteiger partial charge is 0.365 e. The van der Waals surface area contributed by atoms with Crippen LogP contribution in [-0.4, -0.2) is 17.3 Å². The van der Waals surface area contributed by atoms with Crippen LogP contribution in [0.1, 0.15) is 15.9 Å². The molecule has 1 heterocycles. The molecule has 110 valence electrons. The molecule has 0 radical (unpaired) electrons. The second-order valence-corrected chi connectivity index (χ2v) is 5.13. The molecule has 0 fully saturated rings. The maximum absolute atomic E-state index is 11.6. The Bertz CT molecular complexity index is 881.